The number of ether oxygens (including phenoxy) is 2. The van der Waals surface area contributed by atoms with E-state index < -0.39 is 58.3 Å². The number of aliphatic hydroxyl groups is 2. The van der Waals surface area contributed by atoms with Gasteiger partial charge in [0.1, 0.15) is 17.2 Å². The molecule has 1 fully saturated rings. The van der Waals surface area contributed by atoms with E-state index in [0.717, 1.165) is 24.3 Å². The third kappa shape index (κ3) is 5.44. The van der Waals surface area contributed by atoms with Crippen molar-refractivity contribution in [2.75, 3.05) is 32.6 Å². The van der Waals surface area contributed by atoms with Gasteiger partial charge in [-0.2, -0.15) is 13.2 Å². The Morgan fingerprint density at radius 2 is 1.89 bits per heavy atom. The van der Waals surface area contributed by atoms with E-state index in [9.17, 15) is 37.0 Å². The maximum absolute atomic E-state index is 14.7. The van der Waals surface area contributed by atoms with Gasteiger partial charge in [-0.05, 0) is 56.5 Å². The lowest BCUT2D eigenvalue weighted by Gasteiger charge is -2.50. The van der Waals surface area contributed by atoms with Crippen molar-refractivity contribution in [1.29, 1.82) is 0 Å². The van der Waals surface area contributed by atoms with Crippen LogP contribution in [0.15, 0.2) is 71.5 Å². The van der Waals surface area contributed by atoms with Crippen molar-refractivity contribution in [2.45, 2.75) is 44.1 Å². The van der Waals surface area contributed by atoms with Crippen molar-refractivity contribution in [3.05, 3.63) is 77.1 Å². The molecule has 8 nitrogen and oxygen atoms in total. The monoisotopic (exact) mass is 621 g/mol. The molecule has 13 heteroatoms. The van der Waals surface area contributed by atoms with Crippen LogP contribution in [0.2, 0.25) is 0 Å². The first-order chi connectivity index (χ1) is 20.8. The van der Waals surface area contributed by atoms with Crippen LogP contribution in [-0.2, 0) is 11.0 Å². The Morgan fingerprint density at radius 1 is 1.14 bits per heavy atom. The van der Waals surface area contributed by atoms with E-state index in [1.165, 1.54) is 31.4 Å². The third-order valence-electron chi connectivity index (χ3n) is 8.43. The quantitative estimate of drug-likeness (QED) is 0.314. The molecule has 3 aliphatic rings. The molecule has 2 aliphatic heterocycles. The van der Waals surface area contributed by atoms with Gasteiger partial charge < -0.3 is 25.0 Å². The molecule has 3 atom stereocenters. The first-order valence-corrected chi connectivity index (χ1v) is 13.9. The van der Waals surface area contributed by atoms with E-state index in [2.05, 4.69) is 5.32 Å². The van der Waals surface area contributed by atoms with Crippen LogP contribution >= 0.6 is 0 Å². The zero-order chi connectivity index (χ0) is 32.0. The van der Waals surface area contributed by atoms with E-state index in [1.807, 2.05) is 0 Å². The second kappa shape index (κ2) is 11.9. The number of aliphatic hydroxyl groups excluding tert-OH is 2. The molecule has 236 valence electrons. The molecule has 0 aromatic heterocycles. The standard InChI is InChI=1S/C31H32F5N3O5/c1-30-13-6-14-39(30)38(16-17-7-4-9-21(32)25(17)33)29(42)24(27(30)40)28(41)37-22-12-11-18(31(34,35)36)15-20(22)19-8-5-10-23(43-2)26(19)44-3/h4-5,8-12,15,17,29,40,42H,6-7,13-14,16H2,1-3H3,(H,37,41)/t17?,29?,30-/m1/s1. The number of fused-ring (bicyclic) bond motifs is 1. The lowest BCUT2D eigenvalue weighted by molar-refractivity contribution is -0.177. The number of carbonyl (C=O) groups excluding carboxylic acids is 1. The maximum atomic E-state index is 14.7. The zero-order valence-corrected chi connectivity index (χ0v) is 24.2. The number of para-hydroxylation sites is 1. The highest BCUT2D eigenvalue weighted by molar-refractivity contribution is 6.07. The molecule has 0 radical (unpaired) electrons. The van der Waals surface area contributed by atoms with Crippen molar-refractivity contribution in [1.82, 2.24) is 10.0 Å². The van der Waals surface area contributed by atoms with Gasteiger partial charge in [0.25, 0.3) is 5.91 Å². The summed E-state index contributed by atoms with van der Waals surface area (Å²) in [5.41, 5.74) is -2.53. The Bertz CT molecular complexity index is 1560. The first-order valence-electron chi connectivity index (χ1n) is 13.9. The van der Waals surface area contributed by atoms with E-state index in [0.29, 0.717) is 19.4 Å². The predicted molar refractivity (Wildman–Crippen MR) is 152 cm³/mol. The smallest absolute Gasteiger partial charge is 0.416 e. The van der Waals surface area contributed by atoms with E-state index in [4.69, 9.17) is 9.47 Å². The number of anilines is 1. The number of methoxy groups -OCH3 is 2. The number of halogens is 5. The number of amides is 1. The average molecular weight is 622 g/mol. The minimum atomic E-state index is -4.71. The molecule has 0 saturated carbocycles. The van der Waals surface area contributed by atoms with Crippen LogP contribution in [0.25, 0.3) is 11.1 Å². The molecule has 2 aromatic rings. The Labute approximate surface area is 250 Å². The Kier molecular flexibility index (Phi) is 8.49. The molecule has 0 spiro atoms. The number of nitrogens with zero attached hydrogens (tertiary/aromatic N) is 2. The van der Waals surface area contributed by atoms with Gasteiger partial charge >= 0.3 is 6.18 Å². The maximum Gasteiger partial charge on any atom is 0.416 e. The second-order valence-electron chi connectivity index (χ2n) is 11.0. The number of alkyl halides is 3. The molecule has 5 rings (SSSR count). The summed E-state index contributed by atoms with van der Waals surface area (Å²) in [6, 6.07) is 7.32. The number of nitrogens with one attached hydrogen (secondary N) is 1. The van der Waals surface area contributed by atoms with Gasteiger partial charge in [-0.15, -0.1) is 0 Å². The number of hydrogen-bond donors (Lipinski definition) is 3. The van der Waals surface area contributed by atoms with Gasteiger partial charge in [-0.1, -0.05) is 18.2 Å². The van der Waals surface area contributed by atoms with Crippen LogP contribution in [-0.4, -0.2) is 65.2 Å². The first kappa shape index (κ1) is 31.5. The van der Waals surface area contributed by atoms with Crippen LogP contribution < -0.4 is 14.8 Å². The molecule has 2 unspecified atom stereocenters. The second-order valence-corrected chi connectivity index (χ2v) is 11.0. The molecule has 0 bridgehead atoms. The van der Waals surface area contributed by atoms with Gasteiger partial charge in [-0.25, -0.2) is 18.8 Å². The lowest BCUT2D eigenvalue weighted by Crippen LogP contribution is -2.63. The average Bonchev–Trinajstić information content (AvgIpc) is 3.39. The van der Waals surface area contributed by atoms with Crippen LogP contribution in [0, 0.1) is 5.92 Å². The predicted octanol–water partition coefficient (Wildman–Crippen LogP) is 6.27. The Balaban J connectivity index is 1.56. The molecule has 2 heterocycles. The van der Waals surface area contributed by atoms with Crippen molar-refractivity contribution in [3.8, 4) is 22.6 Å². The summed E-state index contributed by atoms with van der Waals surface area (Å²) in [5, 5.41) is 28.4. The summed E-state index contributed by atoms with van der Waals surface area (Å²) in [5.74, 6) is -4.00. The molecular weight excluding hydrogens is 589 g/mol. The highest BCUT2D eigenvalue weighted by atomic mass is 19.4. The van der Waals surface area contributed by atoms with Crippen LogP contribution in [0.4, 0.5) is 27.6 Å². The van der Waals surface area contributed by atoms with Gasteiger partial charge in [-0.3, -0.25) is 4.79 Å². The normalized spacial score (nSPS) is 24.5. The third-order valence-corrected chi connectivity index (χ3v) is 8.43. The van der Waals surface area contributed by atoms with Crippen molar-refractivity contribution in [2.24, 2.45) is 5.92 Å². The minimum Gasteiger partial charge on any atom is -0.510 e. The topological polar surface area (TPSA) is 94.5 Å². The summed E-state index contributed by atoms with van der Waals surface area (Å²) in [6.45, 7) is 1.85. The number of hydrazine groups is 1. The fourth-order valence-electron chi connectivity index (χ4n) is 6.15. The van der Waals surface area contributed by atoms with Crippen LogP contribution in [0.3, 0.4) is 0 Å². The van der Waals surface area contributed by atoms with Gasteiger partial charge in [0.15, 0.2) is 23.6 Å². The zero-order valence-electron chi connectivity index (χ0n) is 24.2. The molecule has 2 aromatic carbocycles. The van der Waals surface area contributed by atoms with Gasteiger partial charge in [0, 0.05) is 35.8 Å². The van der Waals surface area contributed by atoms with E-state index in [-0.39, 0.29) is 41.3 Å². The largest absolute Gasteiger partial charge is 0.510 e. The number of rotatable bonds is 7. The summed E-state index contributed by atoms with van der Waals surface area (Å²) in [7, 11) is 2.69. The number of hydrogen-bond acceptors (Lipinski definition) is 7. The van der Waals surface area contributed by atoms with E-state index in [1.54, 1.807) is 24.1 Å². The van der Waals surface area contributed by atoms with Gasteiger partial charge in [0.05, 0.1) is 25.3 Å². The van der Waals surface area contributed by atoms with Crippen molar-refractivity contribution in [3.63, 3.8) is 0 Å². The Morgan fingerprint density at radius 3 is 2.57 bits per heavy atom. The fourth-order valence-corrected chi connectivity index (χ4v) is 6.15. The van der Waals surface area contributed by atoms with Gasteiger partial charge in [0.2, 0.25) is 0 Å². The molecule has 1 amide bonds. The molecule has 3 N–H and O–H groups in total. The SMILES string of the molecule is COc1cccc(-c2cc(C(F)(F)F)ccc2NC(=O)C2=C(O)[C@@]3(C)CCCN3N(CC3CC=CC(F)=C3F)C2O)c1OC. The summed E-state index contributed by atoms with van der Waals surface area (Å²) >= 11 is 0. The van der Waals surface area contributed by atoms with Crippen molar-refractivity contribution >= 4 is 11.6 Å². The molecule has 1 saturated heterocycles. The number of benzene rings is 2. The highest BCUT2D eigenvalue weighted by Crippen LogP contribution is 2.46. The number of carbonyl (C=O) groups is 1. The summed E-state index contributed by atoms with van der Waals surface area (Å²) in [4.78, 5) is 13.8. The van der Waals surface area contributed by atoms with E-state index >= 15 is 0 Å². The molecule has 44 heavy (non-hydrogen) atoms. The van der Waals surface area contributed by atoms with Crippen molar-refractivity contribution < 1.29 is 46.4 Å². The Hall–Kier alpha value is -3.94. The van der Waals surface area contributed by atoms with Crippen LogP contribution in [0.1, 0.15) is 31.7 Å². The molecular formula is C31H32F5N3O5. The fraction of sp³-hybridized carbons (Fsp3) is 0.387. The highest BCUT2D eigenvalue weighted by Gasteiger charge is 2.53. The number of allylic oxidation sites excluding steroid dienone is 3. The minimum absolute atomic E-state index is 0.0587. The lowest BCUT2D eigenvalue weighted by atomic mass is 9.89. The molecule has 1 aliphatic carbocycles. The summed E-state index contributed by atoms with van der Waals surface area (Å²) in [6.07, 6.45) is -2.85. The summed E-state index contributed by atoms with van der Waals surface area (Å²) < 4.78 is 80.8. The van der Waals surface area contributed by atoms with Crippen LogP contribution in [0.5, 0.6) is 11.5 Å².